The Hall–Kier alpha value is -6.84. The fourth-order valence-corrected chi connectivity index (χ4v) is 5.27. The van der Waals surface area contributed by atoms with Gasteiger partial charge in [0.1, 0.15) is 36.3 Å². The number of carboxylic acid groups (broad SMARTS) is 3. The van der Waals surface area contributed by atoms with Gasteiger partial charge in [0, 0.05) is 19.5 Å². The van der Waals surface area contributed by atoms with Gasteiger partial charge in [0.2, 0.25) is 41.4 Å². The summed E-state index contributed by atoms with van der Waals surface area (Å²) in [6.45, 7) is 2.37. The molecular formula is C34H60N14O14. The van der Waals surface area contributed by atoms with E-state index in [4.69, 9.17) is 34.4 Å². The number of hydrogen-bond acceptors (Lipinski definition) is 14. The lowest BCUT2D eigenvalue weighted by Crippen LogP contribution is -2.60. The van der Waals surface area contributed by atoms with E-state index in [2.05, 4.69) is 31.3 Å². The molecule has 62 heavy (non-hydrogen) atoms. The number of aliphatic carboxylic acids is 3. The summed E-state index contributed by atoms with van der Waals surface area (Å²) in [6, 6.07) is -11.7. The lowest BCUT2D eigenvalue weighted by molar-refractivity contribution is -0.144. The molecule has 28 nitrogen and oxygen atoms in total. The van der Waals surface area contributed by atoms with Gasteiger partial charge in [-0.2, -0.15) is 0 Å². The van der Waals surface area contributed by atoms with Crippen LogP contribution in [0.5, 0.6) is 0 Å². The molecule has 0 saturated carbocycles. The van der Waals surface area contributed by atoms with Gasteiger partial charge < -0.3 is 86.7 Å². The SMILES string of the molecule is CC(C)C[C@H](NC(=O)[C@H](CC(=O)O)NC(=O)[C@H](CC(=O)O)NC(=O)[C@H](CO)NC(=O)[C@@H](N)CCCN=C(N)N)C(=O)N[C@@H](CCC(N)=O)C(=O)N[C@@H](CCCN=C(N)N)C(=O)O. The first-order valence-corrected chi connectivity index (χ1v) is 19.1. The van der Waals surface area contributed by atoms with Crippen molar-refractivity contribution < 1.29 is 68.4 Å². The summed E-state index contributed by atoms with van der Waals surface area (Å²) in [5.41, 5.74) is 32.1. The number of carbonyl (C=O) groups excluding carboxylic acids is 7. The quantitative estimate of drug-likeness (QED) is 0.0175. The lowest BCUT2D eigenvalue weighted by Gasteiger charge is -2.27. The summed E-state index contributed by atoms with van der Waals surface area (Å²) >= 11 is 0. The number of nitrogens with two attached hydrogens (primary N) is 6. The highest BCUT2D eigenvalue weighted by atomic mass is 16.4. The van der Waals surface area contributed by atoms with Gasteiger partial charge in [-0.1, -0.05) is 13.8 Å². The summed E-state index contributed by atoms with van der Waals surface area (Å²) in [4.78, 5) is 134. The minimum Gasteiger partial charge on any atom is -0.481 e. The van der Waals surface area contributed by atoms with Crippen LogP contribution in [0.15, 0.2) is 9.98 Å². The second-order valence-corrected chi connectivity index (χ2v) is 14.2. The first kappa shape index (κ1) is 55.2. The molecule has 0 aromatic carbocycles. The summed E-state index contributed by atoms with van der Waals surface area (Å²) < 4.78 is 0. The van der Waals surface area contributed by atoms with Crippen molar-refractivity contribution in [3.63, 3.8) is 0 Å². The van der Waals surface area contributed by atoms with Crippen molar-refractivity contribution in [3.05, 3.63) is 0 Å². The second kappa shape index (κ2) is 28.6. The molecule has 0 bridgehead atoms. The molecule has 0 rings (SSSR count). The monoisotopic (exact) mass is 888 g/mol. The number of nitrogens with zero attached hydrogens (tertiary/aromatic N) is 2. The molecule has 0 aromatic heterocycles. The molecule has 0 radical (unpaired) electrons. The molecule has 22 N–H and O–H groups in total. The number of hydrogen-bond donors (Lipinski definition) is 16. The minimum absolute atomic E-state index is 0.0308. The third kappa shape index (κ3) is 23.7. The Morgan fingerprint density at radius 2 is 0.903 bits per heavy atom. The van der Waals surface area contributed by atoms with Crippen LogP contribution in [0, 0.1) is 5.92 Å². The van der Waals surface area contributed by atoms with Crippen molar-refractivity contribution >= 4 is 71.2 Å². The highest BCUT2D eigenvalue weighted by Gasteiger charge is 2.35. The number of rotatable bonds is 31. The number of nitrogens with one attached hydrogen (secondary N) is 6. The van der Waals surface area contributed by atoms with Crippen LogP contribution in [0.4, 0.5) is 0 Å². The molecule has 0 spiro atoms. The van der Waals surface area contributed by atoms with E-state index in [0.29, 0.717) is 0 Å². The first-order chi connectivity index (χ1) is 28.9. The normalized spacial score (nSPS) is 14.1. The predicted molar refractivity (Wildman–Crippen MR) is 216 cm³/mol. The average Bonchev–Trinajstić information content (AvgIpc) is 3.15. The zero-order valence-electron chi connectivity index (χ0n) is 34.3. The molecule has 7 amide bonds. The molecule has 0 saturated heterocycles. The maximum Gasteiger partial charge on any atom is 0.326 e. The molecule has 28 heteroatoms. The maximum atomic E-state index is 13.6. The van der Waals surface area contributed by atoms with Crippen LogP contribution in [0.2, 0.25) is 0 Å². The summed E-state index contributed by atoms with van der Waals surface area (Å²) in [6.07, 6.45) is -3.04. The van der Waals surface area contributed by atoms with E-state index in [1.807, 2.05) is 10.6 Å². The standard InChI is InChI=1S/C34H60N14O14/c1-15(2)11-19(28(57)43-17(7-8-23(36)50)27(56)44-18(32(61)62)6-4-10-42-34(39)40)45-29(58)20(12-24(51)52)46-30(59)21(13-25(53)54)47-31(60)22(14-49)48-26(55)16(35)5-3-9-41-33(37)38/h15-22,49H,3-14,35H2,1-2H3,(H2,36,50)(H,43,57)(H,44,56)(H,45,58)(H,46,59)(H,47,60)(H,48,55)(H,51,52)(H,53,54)(H,61,62)(H4,37,38,41)(H4,39,40,42)/t16-,17-,18-,19-,20-,21-,22-/m0/s1. The third-order valence-corrected chi connectivity index (χ3v) is 8.36. The third-order valence-electron chi connectivity index (χ3n) is 8.36. The fraction of sp³-hybridized carbons (Fsp3) is 0.647. The first-order valence-electron chi connectivity index (χ1n) is 19.1. The summed E-state index contributed by atoms with van der Waals surface area (Å²) in [5, 5.41) is 51.5. The number of carboxylic acids is 3. The Labute approximate surface area is 355 Å². The number of aliphatic imine (C=N–C) groups is 2. The van der Waals surface area contributed by atoms with Crippen molar-refractivity contribution in [3.8, 4) is 0 Å². The van der Waals surface area contributed by atoms with Crippen LogP contribution in [-0.2, 0) is 47.9 Å². The van der Waals surface area contributed by atoms with Gasteiger partial charge in [-0.05, 0) is 44.4 Å². The van der Waals surface area contributed by atoms with E-state index >= 15 is 0 Å². The van der Waals surface area contributed by atoms with E-state index in [1.54, 1.807) is 13.8 Å². The molecule has 350 valence electrons. The predicted octanol–water partition coefficient (Wildman–Crippen LogP) is -7.33. The fourth-order valence-electron chi connectivity index (χ4n) is 5.27. The van der Waals surface area contributed by atoms with Crippen molar-refractivity contribution in [2.24, 2.45) is 50.3 Å². The zero-order valence-corrected chi connectivity index (χ0v) is 34.3. The smallest absolute Gasteiger partial charge is 0.326 e. The van der Waals surface area contributed by atoms with Crippen LogP contribution < -0.4 is 66.3 Å². The topological polar surface area (TPSA) is 505 Å². The Balaban J connectivity index is 6.24. The van der Waals surface area contributed by atoms with Crippen molar-refractivity contribution in [2.75, 3.05) is 19.7 Å². The Morgan fingerprint density at radius 3 is 1.32 bits per heavy atom. The van der Waals surface area contributed by atoms with Gasteiger partial charge in [0.05, 0.1) is 25.5 Å². The van der Waals surface area contributed by atoms with Crippen LogP contribution in [0.3, 0.4) is 0 Å². The van der Waals surface area contributed by atoms with Gasteiger partial charge in [0.25, 0.3) is 0 Å². The lowest BCUT2D eigenvalue weighted by atomic mass is 10.0. The molecule has 0 aromatic rings. The van der Waals surface area contributed by atoms with Gasteiger partial charge in [-0.15, -0.1) is 0 Å². The maximum absolute atomic E-state index is 13.6. The molecular weight excluding hydrogens is 828 g/mol. The van der Waals surface area contributed by atoms with Crippen molar-refractivity contribution in [1.29, 1.82) is 0 Å². The zero-order chi connectivity index (χ0) is 47.7. The Bertz CT molecular complexity index is 1650. The number of aliphatic hydroxyl groups is 1. The van der Waals surface area contributed by atoms with Gasteiger partial charge >= 0.3 is 17.9 Å². The molecule has 0 fully saturated rings. The van der Waals surface area contributed by atoms with E-state index in [0.717, 1.165) is 0 Å². The summed E-state index contributed by atoms with van der Waals surface area (Å²) in [5.74, 6) is -13.4. The number of carbonyl (C=O) groups is 10. The molecule has 0 unspecified atom stereocenters. The van der Waals surface area contributed by atoms with E-state index in [-0.39, 0.29) is 63.0 Å². The number of amides is 7. The van der Waals surface area contributed by atoms with Crippen LogP contribution in [0.1, 0.15) is 71.6 Å². The van der Waals surface area contributed by atoms with Crippen LogP contribution in [0.25, 0.3) is 0 Å². The number of guanidine groups is 2. The van der Waals surface area contributed by atoms with Gasteiger partial charge in [0.15, 0.2) is 11.9 Å². The minimum atomic E-state index is -2.02. The van der Waals surface area contributed by atoms with Crippen LogP contribution in [-0.4, -0.2) is 154 Å². The van der Waals surface area contributed by atoms with E-state index in [9.17, 15) is 68.4 Å². The summed E-state index contributed by atoms with van der Waals surface area (Å²) in [7, 11) is 0. The molecule has 0 aliphatic rings. The Morgan fingerprint density at radius 1 is 0.516 bits per heavy atom. The van der Waals surface area contributed by atoms with Gasteiger partial charge in [-0.3, -0.25) is 53.1 Å². The van der Waals surface area contributed by atoms with Gasteiger partial charge in [-0.25, -0.2) is 4.79 Å². The largest absolute Gasteiger partial charge is 0.481 e. The van der Waals surface area contributed by atoms with Crippen LogP contribution >= 0.6 is 0 Å². The van der Waals surface area contributed by atoms with Crippen molar-refractivity contribution in [2.45, 2.75) is 114 Å². The highest BCUT2D eigenvalue weighted by Crippen LogP contribution is 2.10. The average molecular weight is 889 g/mol. The molecule has 7 atom stereocenters. The number of primary amides is 1. The molecule has 0 aliphatic heterocycles. The molecule has 0 heterocycles. The molecule has 0 aliphatic carbocycles. The van der Waals surface area contributed by atoms with E-state index < -0.39 is 134 Å². The van der Waals surface area contributed by atoms with Crippen molar-refractivity contribution in [1.82, 2.24) is 31.9 Å². The highest BCUT2D eigenvalue weighted by molar-refractivity contribution is 5.99. The second-order valence-electron chi connectivity index (χ2n) is 14.2. The van der Waals surface area contributed by atoms with E-state index in [1.165, 1.54) is 0 Å². The number of aliphatic hydroxyl groups excluding tert-OH is 1. The Kier molecular flexibility index (Phi) is 25.4.